The van der Waals surface area contributed by atoms with Crippen LogP contribution in [0, 0.1) is 0 Å². The fourth-order valence-corrected chi connectivity index (χ4v) is 3.11. The lowest BCUT2D eigenvalue weighted by atomic mass is 10.0. The third kappa shape index (κ3) is 3.81. The number of rotatable bonds is 4. The van der Waals surface area contributed by atoms with E-state index in [-0.39, 0.29) is 23.4 Å². The molecular weight excluding hydrogens is 336 g/mol. The minimum absolute atomic E-state index is 0.170. The summed E-state index contributed by atoms with van der Waals surface area (Å²) in [7, 11) is 0. The van der Waals surface area contributed by atoms with E-state index in [1.165, 1.54) is 6.07 Å². The van der Waals surface area contributed by atoms with Gasteiger partial charge in [0.05, 0.1) is 11.3 Å². The summed E-state index contributed by atoms with van der Waals surface area (Å²) >= 11 is 0. The van der Waals surface area contributed by atoms with Crippen LogP contribution in [0.4, 0.5) is 5.69 Å². The van der Waals surface area contributed by atoms with Crippen LogP contribution >= 0.6 is 0 Å². The van der Waals surface area contributed by atoms with E-state index >= 15 is 0 Å². The first-order chi connectivity index (χ1) is 12.3. The molecule has 0 aromatic heterocycles. The number of ether oxygens (including phenoxy) is 2. The second-order valence-electron chi connectivity index (χ2n) is 7.31. The van der Waals surface area contributed by atoms with Gasteiger partial charge in [-0.05, 0) is 51.8 Å². The van der Waals surface area contributed by atoms with E-state index in [1.807, 2.05) is 0 Å². The Bertz CT molecular complexity index is 737. The maximum absolute atomic E-state index is 12.3. The van der Waals surface area contributed by atoms with Crippen molar-refractivity contribution in [1.29, 1.82) is 0 Å². The Morgan fingerprint density at radius 3 is 2.69 bits per heavy atom. The Morgan fingerprint density at radius 2 is 2.00 bits per heavy atom. The molecule has 7 heteroatoms. The number of carbonyl (C=O) groups excluding carboxylic acids is 3. The fraction of sp³-hybridized carbons (Fsp3) is 0.526. The number of hydrogen-bond acceptors (Lipinski definition) is 5. The highest BCUT2D eigenvalue weighted by atomic mass is 16.5. The van der Waals surface area contributed by atoms with Crippen LogP contribution in [-0.2, 0) is 14.3 Å². The van der Waals surface area contributed by atoms with E-state index in [2.05, 4.69) is 10.6 Å². The zero-order valence-electron chi connectivity index (χ0n) is 15.3. The summed E-state index contributed by atoms with van der Waals surface area (Å²) in [5, 5.41) is 5.63. The van der Waals surface area contributed by atoms with Crippen LogP contribution in [0.1, 0.15) is 56.8 Å². The zero-order valence-corrected chi connectivity index (χ0v) is 15.3. The SMILES string of the molecule is C[C@H](OC(=O)c1ccc2c(c1)NC(=O)C(C)(C)O2)C(=O)NC1CCCC1. The first kappa shape index (κ1) is 18.2. The van der Waals surface area contributed by atoms with Crippen molar-refractivity contribution in [1.82, 2.24) is 5.32 Å². The van der Waals surface area contributed by atoms with Crippen LogP contribution in [0.5, 0.6) is 5.75 Å². The van der Waals surface area contributed by atoms with Crippen molar-refractivity contribution in [2.24, 2.45) is 0 Å². The molecule has 1 aliphatic heterocycles. The number of benzene rings is 1. The van der Waals surface area contributed by atoms with Crippen LogP contribution in [-0.4, -0.2) is 35.5 Å². The molecule has 140 valence electrons. The second kappa shape index (κ2) is 6.97. The molecule has 3 rings (SSSR count). The first-order valence-electron chi connectivity index (χ1n) is 8.92. The van der Waals surface area contributed by atoms with Crippen LogP contribution in [0.2, 0.25) is 0 Å². The summed E-state index contributed by atoms with van der Waals surface area (Å²) in [4.78, 5) is 36.5. The smallest absolute Gasteiger partial charge is 0.338 e. The maximum Gasteiger partial charge on any atom is 0.338 e. The van der Waals surface area contributed by atoms with Crippen molar-refractivity contribution >= 4 is 23.5 Å². The largest absolute Gasteiger partial charge is 0.476 e. The van der Waals surface area contributed by atoms with Crippen LogP contribution in [0.15, 0.2) is 18.2 Å². The molecule has 0 radical (unpaired) electrons. The summed E-state index contributed by atoms with van der Waals surface area (Å²) in [5.74, 6) is -0.722. The zero-order chi connectivity index (χ0) is 18.9. The minimum Gasteiger partial charge on any atom is -0.476 e. The van der Waals surface area contributed by atoms with E-state index in [0.29, 0.717) is 11.4 Å². The normalized spacial score (nSPS) is 19.7. The van der Waals surface area contributed by atoms with E-state index in [1.54, 1.807) is 32.9 Å². The molecular formula is C19H24N2O5. The quantitative estimate of drug-likeness (QED) is 0.804. The van der Waals surface area contributed by atoms with Crippen molar-refractivity contribution in [3.8, 4) is 5.75 Å². The molecule has 1 fully saturated rings. The molecule has 1 aromatic rings. The summed E-state index contributed by atoms with van der Waals surface area (Å²) in [6.07, 6.45) is 3.27. The van der Waals surface area contributed by atoms with Crippen LogP contribution in [0.3, 0.4) is 0 Å². The molecule has 1 saturated carbocycles. The summed E-state index contributed by atoms with van der Waals surface area (Å²) in [6, 6.07) is 4.82. The highest BCUT2D eigenvalue weighted by molar-refractivity contribution is 6.02. The molecule has 0 unspecified atom stereocenters. The number of anilines is 1. The van der Waals surface area contributed by atoms with Gasteiger partial charge in [0.2, 0.25) is 0 Å². The van der Waals surface area contributed by atoms with Crippen molar-refractivity contribution < 1.29 is 23.9 Å². The molecule has 1 atom stereocenters. The molecule has 1 aromatic carbocycles. The fourth-order valence-electron chi connectivity index (χ4n) is 3.11. The highest BCUT2D eigenvalue weighted by Gasteiger charge is 2.35. The average molecular weight is 360 g/mol. The molecule has 1 heterocycles. The lowest BCUT2D eigenvalue weighted by Crippen LogP contribution is -2.45. The van der Waals surface area contributed by atoms with Crippen LogP contribution < -0.4 is 15.4 Å². The van der Waals surface area contributed by atoms with Crippen molar-refractivity contribution in [2.45, 2.75) is 64.2 Å². The van der Waals surface area contributed by atoms with Gasteiger partial charge in [-0.3, -0.25) is 9.59 Å². The Morgan fingerprint density at radius 1 is 1.31 bits per heavy atom. The molecule has 26 heavy (non-hydrogen) atoms. The van der Waals surface area contributed by atoms with Crippen molar-refractivity contribution in [3.63, 3.8) is 0 Å². The van der Waals surface area contributed by atoms with E-state index in [4.69, 9.17) is 9.47 Å². The van der Waals surface area contributed by atoms with Gasteiger partial charge in [-0.25, -0.2) is 4.79 Å². The number of amides is 2. The lowest BCUT2D eigenvalue weighted by Gasteiger charge is -2.31. The van der Waals surface area contributed by atoms with E-state index in [0.717, 1.165) is 25.7 Å². The number of fused-ring (bicyclic) bond motifs is 1. The van der Waals surface area contributed by atoms with Crippen molar-refractivity contribution in [3.05, 3.63) is 23.8 Å². The molecule has 0 saturated heterocycles. The van der Waals surface area contributed by atoms with Crippen LogP contribution in [0.25, 0.3) is 0 Å². The second-order valence-corrected chi connectivity index (χ2v) is 7.31. The van der Waals surface area contributed by atoms with Gasteiger partial charge < -0.3 is 20.1 Å². The minimum atomic E-state index is -0.970. The molecule has 1 aliphatic carbocycles. The third-order valence-corrected chi connectivity index (χ3v) is 4.73. The van der Waals surface area contributed by atoms with Gasteiger partial charge in [0, 0.05) is 6.04 Å². The molecule has 0 bridgehead atoms. The number of nitrogens with one attached hydrogen (secondary N) is 2. The standard InChI is InChI=1S/C19H24N2O5/c1-11(16(22)20-13-6-4-5-7-13)25-17(23)12-8-9-15-14(10-12)21-18(24)19(2,3)26-15/h8-11,13H,4-7H2,1-3H3,(H,20,22)(H,21,24)/t11-/m0/s1. The molecule has 0 spiro atoms. The summed E-state index contributed by atoms with van der Waals surface area (Å²) in [6.45, 7) is 4.88. The predicted octanol–water partition coefficient (Wildman–Crippen LogP) is 2.40. The number of hydrogen-bond donors (Lipinski definition) is 2. The Balaban J connectivity index is 1.64. The average Bonchev–Trinajstić information content (AvgIpc) is 3.08. The third-order valence-electron chi connectivity index (χ3n) is 4.73. The van der Waals surface area contributed by atoms with Gasteiger partial charge in [-0.1, -0.05) is 12.8 Å². The Hall–Kier alpha value is -2.57. The Labute approximate surface area is 152 Å². The monoisotopic (exact) mass is 360 g/mol. The first-order valence-corrected chi connectivity index (χ1v) is 8.92. The summed E-state index contributed by atoms with van der Waals surface area (Å²) in [5.41, 5.74) is -0.318. The van der Waals surface area contributed by atoms with Gasteiger partial charge in [0.15, 0.2) is 11.7 Å². The predicted molar refractivity (Wildman–Crippen MR) is 95.1 cm³/mol. The topological polar surface area (TPSA) is 93.7 Å². The van der Waals surface area contributed by atoms with Gasteiger partial charge in [0.25, 0.3) is 11.8 Å². The molecule has 2 amide bonds. The van der Waals surface area contributed by atoms with Gasteiger partial charge in [0.1, 0.15) is 5.75 Å². The van der Waals surface area contributed by atoms with Gasteiger partial charge in [-0.15, -0.1) is 0 Å². The maximum atomic E-state index is 12.3. The summed E-state index contributed by atoms with van der Waals surface area (Å²) < 4.78 is 10.9. The van der Waals surface area contributed by atoms with E-state index < -0.39 is 17.7 Å². The van der Waals surface area contributed by atoms with E-state index in [9.17, 15) is 14.4 Å². The molecule has 7 nitrogen and oxygen atoms in total. The highest BCUT2D eigenvalue weighted by Crippen LogP contribution is 2.34. The van der Waals surface area contributed by atoms with Gasteiger partial charge >= 0.3 is 5.97 Å². The number of carbonyl (C=O) groups is 3. The Kier molecular flexibility index (Phi) is 4.89. The lowest BCUT2D eigenvalue weighted by molar-refractivity contribution is -0.130. The van der Waals surface area contributed by atoms with Crippen molar-refractivity contribution in [2.75, 3.05) is 5.32 Å². The van der Waals surface area contributed by atoms with Gasteiger partial charge in [-0.2, -0.15) is 0 Å². The molecule has 2 aliphatic rings. The number of esters is 1. The molecule has 2 N–H and O–H groups in total.